The Morgan fingerprint density at radius 2 is 1.94 bits per heavy atom. The summed E-state index contributed by atoms with van der Waals surface area (Å²) < 4.78 is 12.6. The number of halogens is 1. The number of ether oxygens (including phenoxy) is 2. The van der Waals surface area contributed by atoms with Crippen LogP contribution in [0.5, 0.6) is 11.5 Å². The van der Waals surface area contributed by atoms with Crippen LogP contribution in [0.15, 0.2) is 59.8 Å². The topological polar surface area (TPSA) is 94.9 Å². The third-order valence-electron chi connectivity index (χ3n) is 5.38. The molecule has 2 aromatic carbocycles. The van der Waals surface area contributed by atoms with Gasteiger partial charge in [0.1, 0.15) is 5.82 Å². The zero-order valence-electron chi connectivity index (χ0n) is 17.8. The van der Waals surface area contributed by atoms with E-state index in [1.165, 1.54) is 7.11 Å². The van der Waals surface area contributed by atoms with Gasteiger partial charge in [-0.1, -0.05) is 18.2 Å². The van der Waals surface area contributed by atoms with E-state index in [0.717, 1.165) is 27.6 Å². The molecule has 5 aromatic rings. The minimum absolute atomic E-state index is 0.222. The van der Waals surface area contributed by atoms with Gasteiger partial charge < -0.3 is 14.5 Å². The summed E-state index contributed by atoms with van der Waals surface area (Å²) in [5.41, 5.74) is 4.27. The van der Waals surface area contributed by atoms with Crippen LogP contribution in [-0.2, 0) is 6.42 Å². The van der Waals surface area contributed by atoms with Crippen molar-refractivity contribution in [2.24, 2.45) is 0 Å². The van der Waals surface area contributed by atoms with Gasteiger partial charge in [-0.2, -0.15) is 5.10 Å². The fraction of sp³-hybridized carbons (Fsp3) is 0.130. The number of para-hydroxylation sites is 1. The third-order valence-corrected chi connectivity index (χ3v) is 7.28. The molecule has 3 aromatic heterocycles. The molecule has 0 amide bonds. The first-order valence-corrected chi connectivity index (χ1v) is 14.1. The molecular weight excluding hydrogens is 552 g/mol. The lowest BCUT2D eigenvalue weighted by atomic mass is 10.0. The van der Waals surface area contributed by atoms with E-state index < -0.39 is 0 Å². The summed E-state index contributed by atoms with van der Waals surface area (Å²) in [4.78, 5) is 24.9. The van der Waals surface area contributed by atoms with Crippen LogP contribution in [0.1, 0.15) is 11.4 Å². The summed E-state index contributed by atoms with van der Waals surface area (Å²) in [6, 6.07) is 11.5. The first kappa shape index (κ1) is 21.8. The second-order valence-electron chi connectivity index (χ2n) is 7.39. The Balaban J connectivity index is 1.52. The van der Waals surface area contributed by atoms with Gasteiger partial charge in [0.05, 0.1) is 43.2 Å². The Labute approximate surface area is 203 Å². The Kier molecular flexibility index (Phi) is 5.99. The van der Waals surface area contributed by atoms with Crippen LogP contribution in [-0.4, -0.2) is 38.7 Å². The van der Waals surface area contributed by atoms with Crippen molar-refractivity contribution in [1.82, 2.24) is 24.5 Å². The number of benzene rings is 2. The van der Waals surface area contributed by atoms with Crippen molar-refractivity contribution < 1.29 is 9.47 Å². The summed E-state index contributed by atoms with van der Waals surface area (Å²) in [6.45, 7) is 0. The van der Waals surface area contributed by atoms with Crippen LogP contribution < -0.4 is 15.0 Å². The lowest BCUT2D eigenvalue weighted by Gasteiger charge is -2.10. The summed E-state index contributed by atoms with van der Waals surface area (Å²) in [7, 11) is 3.09. The molecule has 3 heterocycles. The van der Waals surface area contributed by atoms with Crippen molar-refractivity contribution in [2.75, 3.05) is 14.2 Å². The molecule has 0 spiro atoms. The van der Waals surface area contributed by atoms with Gasteiger partial charge in [0.15, 0.2) is 11.5 Å². The van der Waals surface area contributed by atoms with Gasteiger partial charge in [0.25, 0.3) is 5.56 Å². The predicted molar refractivity (Wildman–Crippen MR) is 139 cm³/mol. The average Bonchev–Trinajstić information content (AvgIpc) is 3.32. The lowest BCUT2D eigenvalue weighted by Crippen LogP contribution is -2.12. The standard InChI is InChI=1S/C23H19IN5O3P/c1-31-19-8-17-18(9-20(19)32-2)27-21(28-23(17)30)7-13-6-14-4-3-5-16(22(14)25-10-13)15-11-26-29(12-15)33-24/h3-6,8-12,33H,7H2,1-2H3,(H,27,28,30). The van der Waals surface area contributed by atoms with Crippen molar-refractivity contribution in [1.29, 1.82) is 0 Å². The number of aromatic nitrogens is 5. The minimum Gasteiger partial charge on any atom is -0.493 e. The van der Waals surface area contributed by atoms with Gasteiger partial charge in [-0.05, 0) is 39.7 Å². The summed E-state index contributed by atoms with van der Waals surface area (Å²) in [5, 5.41) is 5.85. The number of rotatable bonds is 6. The quantitative estimate of drug-likeness (QED) is 0.234. The van der Waals surface area contributed by atoms with Crippen molar-refractivity contribution >= 4 is 50.2 Å². The number of fused-ring (bicyclic) bond motifs is 2. The van der Waals surface area contributed by atoms with Crippen LogP contribution in [0.2, 0.25) is 0 Å². The molecule has 0 aliphatic carbocycles. The number of nitrogens with one attached hydrogen (secondary N) is 1. The Morgan fingerprint density at radius 3 is 2.70 bits per heavy atom. The fourth-order valence-corrected chi connectivity index (χ4v) is 4.92. The SMILES string of the molecule is COc1cc2nc(Cc3cnc4c(-c5cnn(PI)c5)cccc4c3)[nH]c(=O)c2cc1OC. The monoisotopic (exact) mass is 571 g/mol. The van der Waals surface area contributed by atoms with Gasteiger partial charge in [-0.3, -0.25) is 9.78 Å². The zero-order valence-corrected chi connectivity index (χ0v) is 21.0. The molecule has 1 atom stereocenters. The molecular formula is C23H19IN5O3P. The van der Waals surface area contributed by atoms with E-state index in [1.807, 2.05) is 35.2 Å². The molecule has 1 N–H and O–H groups in total. The van der Waals surface area contributed by atoms with Crippen LogP contribution in [0.3, 0.4) is 0 Å². The van der Waals surface area contributed by atoms with Gasteiger partial charge in [0, 0.05) is 41.4 Å². The fourth-order valence-electron chi connectivity index (χ4n) is 3.84. The highest BCUT2D eigenvalue weighted by molar-refractivity contribution is 14.2. The van der Waals surface area contributed by atoms with E-state index in [-0.39, 0.29) is 5.56 Å². The van der Waals surface area contributed by atoms with Crippen molar-refractivity contribution in [3.63, 3.8) is 0 Å². The molecule has 0 aliphatic rings. The van der Waals surface area contributed by atoms with E-state index >= 15 is 0 Å². The largest absolute Gasteiger partial charge is 0.493 e. The van der Waals surface area contributed by atoms with Gasteiger partial charge in [-0.15, -0.1) is 0 Å². The van der Waals surface area contributed by atoms with E-state index in [2.05, 4.69) is 49.2 Å². The maximum Gasteiger partial charge on any atom is 0.258 e. The number of aromatic amines is 1. The van der Waals surface area contributed by atoms with Crippen LogP contribution in [0.25, 0.3) is 32.9 Å². The molecule has 0 fully saturated rings. The molecule has 0 saturated carbocycles. The van der Waals surface area contributed by atoms with Crippen LogP contribution in [0.4, 0.5) is 0 Å². The minimum atomic E-state index is -0.222. The maximum atomic E-state index is 12.7. The van der Waals surface area contributed by atoms with Crippen molar-refractivity contribution in [3.05, 3.63) is 76.7 Å². The molecule has 33 heavy (non-hydrogen) atoms. The number of H-pyrrole nitrogens is 1. The van der Waals surface area contributed by atoms with E-state index in [9.17, 15) is 4.79 Å². The molecule has 0 aliphatic heterocycles. The Hall–Kier alpha value is -3.04. The zero-order chi connectivity index (χ0) is 22.9. The number of hydrogen-bond acceptors (Lipinski definition) is 6. The summed E-state index contributed by atoms with van der Waals surface area (Å²) >= 11 is 2.30. The molecule has 5 rings (SSSR count). The van der Waals surface area contributed by atoms with Crippen molar-refractivity contribution in [2.45, 2.75) is 6.42 Å². The first-order valence-electron chi connectivity index (χ1n) is 10.0. The van der Waals surface area contributed by atoms with Crippen molar-refractivity contribution in [3.8, 4) is 22.6 Å². The molecule has 0 bridgehead atoms. The van der Waals surface area contributed by atoms with E-state index in [4.69, 9.17) is 14.5 Å². The second kappa shape index (κ2) is 9.07. The summed E-state index contributed by atoms with van der Waals surface area (Å²) in [5.74, 6) is 1.57. The predicted octanol–water partition coefficient (Wildman–Crippen LogP) is 4.73. The van der Waals surface area contributed by atoms with Gasteiger partial charge >= 0.3 is 0 Å². The molecule has 166 valence electrons. The van der Waals surface area contributed by atoms with Crippen LogP contribution >= 0.6 is 28.4 Å². The summed E-state index contributed by atoms with van der Waals surface area (Å²) in [6.07, 6.45) is 6.72. The number of methoxy groups -OCH3 is 2. The number of nitrogens with zero attached hydrogens (tertiary/aromatic N) is 4. The van der Waals surface area contributed by atoms with Crippen LogP contribution in [0, 0.1) is 0 Å². The normalized spacial score (nSPS) is 11.6. The number of pyridine rings is 1. The molecule has 0 saturated heterocycles. The average molecular weight is 571 g/mol. The molecule has 8 nitrogen and oxygen atoms in total. The van der Waals surface area contributed by atoms with E-state index in [0.29, 0.717) is 41.0 Å². The first-order chi connectivity index (χ1) is 16.1. The number of hydrogen-bond donors (Lipinski definition) is 1. The maximum absolute atomic E-state index is 12.7. The van der Waals surface area contributed by atoms with Gasteiger partial charge in [-0.25, -0.2) is 9.44 Å². The molecule has 1 unspecified atom stereocenters. The Bertz CT molecular complexity index is 1550. The van der Waals surface area contributed by atoms with E-state index in [1.54, 1.807) is 19.2 Å². The highest BCUT2D eigenvalue weighted by Gasteiger charge is 2.13. The van der Waals surface area contributed by atoms with Gasteiger partial charge in [0.2, 0.25) is 0 Å². The highest BCUT2D eigenvalue weighted by Crippen LogP contribution is 2.32. The molecule has 10 heteroatoms. The lowest BCUT2D eigenvalue weighted by molar-refractivity contribution is 0.355. The smallest absolute Gasteiger partial charge is 0.258 e. The Morgan fingerprint density at radius 1 is 1.12 bits per heavy atom. The second-order valence-corrected chi connectivity index (χ2v) is 9.47. The molecule has 0 radical (unpaired) electrons. The third kappa shape index (κ3) is 4.18. The highest BCUT2D eigenvalue weighted by atomic mass is 127.